The first-order chi connectivity index (χ1) is 12.6. The molecule has 0 aliphatic carbocycles. The lowest BCUT2D eigenvalue weighted by Crippen LogP contribution is -2.28. The van der Waals surface area contributed by atoms with Crippen LogP contribution in [0.1, 0.15) is 27.2 Å². The predicted octanol–water partition coefficient (Wildman–Crippen LogP) is 3.23. The van der Waals surface area contributed by atoms with Gasteiger partial charge >= 0.3 is 0 Å². The van der Waals surface area contributed by atoms with Crippen LogP contribution in [-0.2, 0) is 6.61 Å². The van der Waals surface area contributed by atoms with Crippen LogP contribution in [-0.4, -0.2) is 27.5 Å². The maximum atomic E-state index is 12.2. The number of hydrogen-bond donors (Lipinski definition) is 2. The summed E-state index contributed by atoms with van der Waals surface area (Å²) in [6.45, 7) is 0.344. The molecule has 3 rings (SSSR count). The highest BCUT2D eigenvalue weighted by molar-refractivity contribution is 7.09. The van der Waals surface area contributed by atoms with Crippen molar-refractivity contribution in [3.63, 3.8) is 0 Å². The molecule has 0 saturated carbocycles. The summed E-state index contributed by atoms with van der Waals surface area (Å²) in [6.07, 6.45) is 2.36. The molecule has 0 saturated heterocycles. The van der Waals surface area contributed by atoms with Crippen LogP contribution < -0.4 is 10.1 Å². The van der Waals surface area contributed by atoms with E-state index < -0.39 is 6.10 Å². The number of ether oxygens (including phenoxy) is 1. The summed E-state index contributed by atoms with van der Waals surface area (Å²) in [5, 5.41) is 15.7. The van der Waals surface area contributed by atoms with Crippen LogP contribution >= 0.6 is 22.9 Å². The minimum Gasteiger partial charge on any atom is -0.486 e. The zero-order chi connectivity index (χ0) is 18.4. The molecule has 134 valence electrons. The molecule has 6 nitrogen and oxygen atoms in total. The van der Waals surface area contributed by atoms with E-state index in [-0.39, 0.29) is 19.1 Å². The third kappa shape index (κ3) is 5.01. The van der Waals surface area contributed by atoms with Gasteiger partial charge in [-0.2, -0.15) is 0 Å². The van der Waals surface area contributed by atoms with Crippen molar-refractivity contribution in [3.05, 3.63) is 75.5 Å². The first-order valence-electron chi connectivity index (χ1n) is 7.81. The largest absolute Gasteiger partial charge is 0.486 e. The van der Waals surface area contributed by atoms with Crippen LogP contribution in [0.15, 0.2) is 54.2 Å². The van der Waals surface area contributed by atoms with E-state index in [0.29, 0.717) is 27.0 Å². The minimum absolute atomic E-state index is 0.0820. The van der Waals surface area contributed by atoms with E-state index >= 15 is 0 Å². The van der Waals surface area contributed by atoms with Crippen molar-refractivity contribution in [1.82, 2.24) is 15.3 Å². The number of carbonyl (C=O) groups excluding carboxylic acids is 1. The molecule has 26 heavy (non-hydrogen) atoms. The third-order valence-electron chi connectivity index (χ3n) is 3.49. The molecule has 3 aromatic rings. The molecule has 2 aromatic heterocycles. The normalized spacial score (nSPS) is 11.8. The molecule has 0 aliphatic heterocycles. The maximum absolute atomic E-state index is 12.2. The van der Waals surface area contributed by atoms with Crippen LogP contribution in [0.4, 0.5) is 0 Å². The fourth-order valence-electron chi connectivity index (χ4n) is 2.13. The van der Waals surface area contributed by atoms with Gasteiger partial charge in [0.25, 0.3) is 5.91 Å². The highest BCUT2D eigenvalue weighted by Gasteiger charge is 2.14. The number of pyridine rings is 1. The average Bonchev–Trinajstić information content (AvgIpc) is 3.15. The Morgan fingerprint density at radius 3 is 2.85 bits per heavy atom. The second-order valence-corrected chi connectivity index (χ2v) is 6.76. The number of aromatic nitrogens is 2. The molecule has 2 heterocycles. The quantitative estimate of drug-likeness (QED) is 0.648. The van der Waals surface area contributed by atoms with Crippen LogP contribution in [0.5, 0.6) is 5.75 Å². The molecule has 1 atom stereocenters. The Labute approximate surface area is 159 Å². The lowest BCUT2D eigenvalue weighted by atomic mass is 10.1. The number of thiazole rings is 1. The molecule has 0 bridgehead atoms. The number of aliphatic hydroxyl groups excluding tert-OH is 1. The topological polar surface area (TPSA) is 84.3 Å². The van der Waals surface area contributed by atoms with Gasteiger partial charge < -0.3 is 15.2 Å². The second-order valence-electron chi connectivity index (χ2n) is 5.38. The molecule has 0 aliphatic rings. The van der Waals surface area contributed by atoms with E-state index in [0.717, 1.165) is 0 Å². The zero-order valence-corrected chi connectivity index (χ0v) is 15.2. The van der Waals surface area contributed by atoms with Crippen LogP contribution in [0.3, 0.4) is 0 Å². The molecule has 8 heteroatoms. The average molecular weight is 390 g/mol. The number of hydrogen-bond acceptors (Lipinski definition) is 6. The number of nitrogens with one attached hydrogen (secondary N) is 1. The van der Waals surface area contributed by atoms with Crippen molar-refractivity contribution in [3.8, 4) is 5.75 Å². The van der Waals surface area contributed by atoms with E-state index in [1.807, 2.05) is 0 Å². The van der Waals surface area contributed by atoms with Crippen molar-refractivity contribution in [2.75, 3.05) is 6.54 Å². The Morgan fingerprint density at radius 2 is 2.12 bits per heavy atom. The maximum Gasteiger partial charge on any atom is 0.270 e. The van der Waals surface area contributed by atoms with Crippen LogP contribution in [0, 0.1) is 0 Å². The smallest absolute Gasteiger partial charge is 0.270 e. The van der Waals surface area contributed by atoms with Gasteiger partial charge in [0, 0.05) is 34.9 Å². The van der Waals surface area contributed by atoms with Gasteiger partial charge in [0.2, 0.25) is 0 Å². The zero-order valence-electron chi connectivity index (χ0n) is 13.6. The summed E-state index contributed by atoms with van der Waals surface area (Å²) in [6, 6.07) is 10.5. The van der Waals surface area contributed by atoms with Gasteiger partial charge in [-0.3, -0.25) is 9.78 Å². The number of aliphatic hydroxyl groups is 1. The standard InChI is InChI=1S/C18H16ClN3O3S/c19-13-3-5-14(6-4-13)25-10-17-22-15(11-26-17)18(24)21-9-16(23)12-2-1-7-20-8-12/h1-8,11,16,23H,9-10H2,(H,21,24)/t16-/m1/s1. The first-order valence-corrected chi connectivity index (χ1v) is 9.06. The summed E-state index contributed by atoms with van der Waals surface area (Å²) in [5.74, 6) is 0.331. The van der Waals surface area contributed by atoms with Gasteiger partial charge in [-0.25, -0.2) is 4.98 Å². The second kappa shape index (κ2) is 8.75. The summed E-state index contributed by atoms with van der Waals surface area (Å²) in [4.78, 5) is 20.4. The number of carbonyl (C=O) groups is 1. The van der Waals surface area contributed by atoms with Gasteiger partial charge in [-0.15, -0.1) is 11.3 Å². The van der Waals surface area contributed by atoms with E-state index in [2.05, 4.69) is 15.3 Å². The van der Waals surface area contributed by atoms with Crippen molar-refractivity contribution in [1.29, 1.82) is 0 Å². The Morgan fingerprint density at radius 1 is 1.31 bits per heavy atom. The highest BCUT2D eigenvalue weighted by Crippen LogP contribution is 2.18. The Kier molecular flexibility index (Phi) is 6.17. The predicted molar refractivity (Wildman–Crippen MR) is 99.4 cm³/mol. The Hall–Kier alpha value is -2.48. The van der Waals surface area contributed by atoms with E-state index in [9.17, 15) is 9.90 Å². The van der Waals surface area contributed by atoms with Gasteiger partial charge in [0.05, 0.1) is 6.10 Å². The molecule has 1 aromatic carbocycles. The summed E-state index contributed by atoms with van der Waals surface area (Å²) >= 11 is 7.16. The molecular formula is C18H16ClN3O3S. The number of halogens is 1. The number of benzene rings is 1. The first kappa shape index (κ1) is 18.3. The van der Waals surface area contributed by atoms with E-state index in [1.165, 1.54) is 11.3 Å². The molecule has 0 spiro atoms. The lowest BCUT2D eigenvalue weighted by molar-refractivity contribution is 0.0911. The van der Waals surface area contributed by atoms with Gasteiger partial charge in [0.1, 0.15) is 23.1 Å². The highest BCUT2D eigenvalue weighted by atomic mass is 35.5. The van der Waals surface area contributed by atoms with Crippen molar-refractivity contribution >= 4 is 28.8 Å². The van der Waals surface area contributed by atoms with Gasteiger partial charge in [-0.05, 0) is 30.3 Å². The molecule has 2 N–H and O–H groups in total. The monoisotopic (exact) mass is 389 g/mol. The number of nitrogens with zero attached hydrogens (tertiary/aromatic N) is 2. The molecule has 0 radical (unpaired) electrons. The van der Waals surface area contributed by atoms with Crippen LogP contribution in [0.2, 0.25) is 5.02 Å². The lowest BCUT2D eigenvalue weighted by Gasteiger charge is -2.10. The van der Waals surface area contributed by atoms with Crippen molar-refractivity contribution in [2.24, 2.45) is 0 Å². The number of amides is 1. The summed E-state index contributed by atoms with van der Waals surface area (Å²) in [7, 11) is 0. The van der Waals surface area contributed by atoms with Crippen molar-refractivity contribution in [2.45, 2.75) is 12.7 Å². The molecular weight excluding hydrogens is 374 g/mol. The van der Waals surface area contributed by atoms with E-state index in [1.54, 1.807) is 54.2 Å². The fourth-order valence-corrected chi connectivity index (χ4v) is 2.94. The summed E-state index contributed by atoms with van der Waals surface area (Å²) in [5.41, 5.74) is 0.936. The summed E-state index contributed by atoms with van der Waals surface area (Å²) < 4.78 is 5.61. The van der Waals surface area contributed by atoms with Crippen LogP contribution in [0.25, 0.3) is 0 Å². The van der Waals surface area contributed by atoms with Crippen molar-refractivity contribution < 1.29 is 14.6 Å². The molecule has 0 fully saturated rings. The third-order valence-corrected chi connectivity index (χ3v) is 4.56. The fraction of sp³-hybridized carbons (Fsp3) is 0.167. The minimum atomic E-state index is -0.820. The SMILES string of the molecule is O=C(NC[C@@H](O)c1cccnc1)c1csc(COc2ccc(Cl)cc2)n1. The molecule has 1 amide bonds. The van der Waals surface area contributed by atoms with Gasteiger partial charge in [-0.1, -0.05) is 17.7 Å². The Balaban J connectivity index is 1.50. The number of rotatable bonds is 7. The Bertz CT molecular complexity index is 856. The van der Waals surface area contributed by atoms with E-state index in [4.69, 9.17) is 16.3 Å². The van der Waals surface area contributed by atoms with Gasteiger partial charge in [0.15, 0.2) is 0 Å². The molecule has 0 unspecified atom stereocenters.